The van der Waals surface area contributed by atoms with Crippen LogP contribution >= 0.6 is 11.3 Å². The van der Waals surface area contributed by atoms with Gasteiger partial charge in [-0.3, -0.25) is 4.90 Å². The maximum atomic E-state index is 11.4. The smallest absolute Gasteiger partial charge is 0.337 e. The molecule has 6 heteroatoms. The molecule has 3 rings (SSSR count). The number of aromatic nitrogens is 2. The third-order valence-electron chi connectivity index (χ3n) is 4.26. The summed E-state index contributed by atoms with van der Waals surface area (Å²) in [6, 6.07) is 7.68. The van der Waals surface area contributed by atoms with Crippen LogP contribution < -0.4 is 0 Å². The molecule has 0 atom stereocenters. The molecule has 1 aromatic heterocycles. The number of rotatable bonds is 4. The lowest BCUT2D eigenvalue weighted by Gasteiger charge is -2.30. The van der Waals surface area contributed by atoms with E-state index in [0.29, 0.717) is 11.5 Å². The van der Waals surface area contributed by atoms with Crippen molar-refractivity contribution < 1.29 is 9.53 Å². The molecule has 0 unspecified atom stereocenters. The monoisotopic (exact) mass is 331 g/mol. The van der Waals surface area contributed by atoms with Gasteiger partial charge in [-0.15, -0.1) is 21.5 Å². The van der Waals surface area contributed by atoms with E-state index in [1.165, 1.54) is 17.7 Å². The van der Waals surface area contributed by atoms with Crippen LogP contribution in [0.4, 0.5) is 0 Å². The van der Waals surface area contributed by atoms with Crippen molar-refractivity contribution >= 4 is 17.3 Å². The molecule has 0 spiro atoms. The van der Waals surface area contributed by atoms with Gasteiger partial charge in [0.05, 0.1) is 12.7 Å². The van der Waals surface area contributed by atoms with E-state index in [4.69, 9.17) is 4.74 Å². The molecule has 5 nitrogen and oxygen atoms in total. The lowest BCUT2D eigenvalue weighted by molar-refractivity contribution is 0.0600. The van der Waals surface area contributed by atoms with Gasteiger partial charge in [-0.1, -0.05) is 12.1 Å². The number of carbonyl (C=O) groups excluding carboxylic acids is 1. The molecule has 0 N–H and O–H groups in total. The lowest BCUT2D eigenvalue weighted by atomic mass is 9.97. The van der Waals surface area contributed by atoms with Crippen LogP contribution in [0.25, 0.3) is 0 Å². The lowest BCUT2D eigenvalue weighted by Crippen LogP contribution is -2.32. The summed E-state index contributed by atoms with van der Waals surface area (Å²) in [5, 5.41) is 10.6. The van der Waals surface area contributed by atoms with E-state index >= 15 is 0 Å². The summed E-state index contributed by atoms with van der Waals surface area (Å²) >= 11 is 1.72. The number of nitrogens with zero attached hydrogens (tertiary/aromatic N) is 3. The second-order valence-electron chi connectivity index (χ2n) is 5.90. The number of hydrogen-bond acceptors (Lipinski definition) is 6. The highest BCUT2D eigenvalue weighted by Gasteiger charge is 2.23. The third-order valence-corrected chi connectivity index (χ3v) is 5.26. The number of aryl methyl sites for hydroxylation is 1. The first-order valence-electron chi connectivity index (χ1n) is 7.85. The molecule has 0 amide bonds. The fourth-order valence-electron chi connectivity index (χ4n) is 2.94. The van der Waals surface area contributed by atoms with Crippen LogP contribution in [0.3, 0.4) is 0 Å². The molecule has 0 saturated carbocycles. The Balaban J connectivity index is 1.53. The molecule has 23 heavy (non-hydrogen) atoms. The Labute approximate surface area is 140 Å². The van der Waals surface area contributed by atoms with Crippen molar-refractivity contribution in [2.24, 2.45) is 0 Å². The molecule has 1 aliphatic heterocycles. The summed E-state index contributed by atoms with van der Waals surface area (Å²) in [5.74, 6) is 0.267. The molecule has 0 aliphatic carbocycles. The van der Waals surface area contributed by atoms with Crippen molar-refractivity contribution in [3.8, 4) is 0 Å². The summed E-state index contributed by atoms with van der Waals surface area (Å²) in [5.41, 5.74) is 1.82. The number of likely N-dealkylation sites (tertiary alicyclic amines) is 1. The molecule has 1 fully saturated rings. The Morgan fingerprint density at radius 1 is 1.26 bits per heavy atom. The molecular weight excluding hydrogens is 310 g/mol. The molecule has 1 aromatic carbocycles. The van der Waals surface area contributed by atoms with Crippen molar-refractivity contribution in [3.05, 3.63) is 45.4 Å². The maximum absolute atomic E-state index is 11.4. The molecule has 1 saturated heterocycles. The van der Waals surface area contributed by atoms with Crippen molar-refractivity contribution in [1.29, 1.82) is 0 Å². The van der Waals surface area contributed by atoms with Gasteiger partial charge in [0.15, 0.2) is 0 Å². The van der Waals surface area contributed by atoms with Gasteiger partial charge in [0, 0.05) is 12.5 Å². The topological polar surface area (TPSA) is 55.3 Å². The Morgan fingerprint density at radius 3 is 2.52 bits per heavy atom. The highest BCUT2D eigenvalue weighted by molar-refractivity contribution is 7.11. The number of carbonyl (C=O) groups is 1. The average Bonchev–Trinajstić information content (AvgIpc) is 3.02. The van der Waals surface area contributed by atoms with Crippen LogP contribution in [0.1, 0.15) is 44.7 Å². The van der Waals surface area contributed by atoms with Crippen molar-refractivity contribution in [3.63, 3.8) is 0 Å². The fraction of sp³-hybridized carbons (Fsp3) is 0.471. The molecule has 2 heterocycles. The maximum Gasteiger partial charge on any atom is 0.337 e. The first-order valence-corrected chi connectivity index (χ1v) is 8.67. The first-order chi connectivity index (χ1) is 11.2. The van der Waals surface area contributed by atoms with E-state index in [9.17, 15) is 4.79 Å². The highest BCUT2D eigenvalue weighted by atomic mass is 32.1. The standard InChI is InChI=1S/C17H21N3O2S/c1-12-18-19-16(23-12)14-7-9-20(10-8-14)11-13-3-5-15(6-4-13)17(21)22-2/h3-6,14H,7-11H2,1-2H3. The van der Waals surface area contributed by atoms with Crippen LogP contribution in [-0.2, 0) is 11.3 Å². The second-order valence-corrected chi connectivity index (χ2v) is 7.11. The number of hydrogen-bond donors (Lipinski definition) is 0. The summed E-state index contributed by atoms with van der Waals surface area (Å²) in [6.07, 6.45) is 2.27. The molecule has 0 bridgehead atoms. The SMILES string of the molecule is COC(=O)c1ccc(CN2CCC(c3nnc(C)s3)CC2)cc1. The van der Waals surface area contributed by atoms with E-state index in [0.717, 1.165) is 37.5 Å². The molecule has 122 valence electrons. The third kappa shape index (κ3) is 3.95. The fourth-order valence-corrected chi connectivity index (χ4v) is 3.81. The molecule has 1 aliphatic rings. The van der Waals surface area contributed by atoms with E-state index < -0.39 is 0 Å². The number of methoxy groups -OCH3 is 1. The largest absolute Gasteiger partial charge is 0.465 e. The minimum absolute atomic E-state index is 0.287. The molecular formula is C17H21N3O2S. The second kappa shape index (κ2) is 7.19. The Hall–Kier alpha value is -1.79. The zero-order valence-electron chi connectivity index (χ0n) is 13.5. The summed E-state index contributed by atoms with van der Waals surface area (Å²) in [4.78, 5) is 13.9. The van der Waals surface area contributed by atoms with Gasteiger partial charge in [0.1, 0.15) is 10.0 Å². The van der Waals surface area contributed by atoms with Gasteiger partial charge in [-0.2, -0.15) is 0 Å². The van der Waals surface area contributed by atoms with Crippen LogP contribution in [0.2, 0.25) is 0 Å². The van der Waals surface area contributed by atoms with Crippen molar-refractivity contribution in [2.75, 3.05) is 20.2 Å². The summed E-state index contributed by atoms with van der Waals surface area (Å²) < 4.78 is 4.72. The predicted octanol–water partition coefficient (Wildman–Crippen LogP) is 3.01. The van der Waals surface area contributed by atoms with E-state index in [-0.39, 0.29) is 5.97 Å². The first kappa shape index (κ1) is 16.1. The summed E-state index contributed by atoms with van der Waals surface area (Å²) in [7, 11) is 1.40. The van der Waals surface area contributed by atoms with E-state index in [2.05, 4.69) is 15.1 Å². The van der Waals surface area contributed by atoms with Gasteiger partial charge in [0.25, 0.3) is 0 Å². The summed E-state index contributed by atoms with van der Waals surface area (Å²) in [6.45, 7) is 5.07. The van der Waals surface area contributed by atoms with Gasteiger partial charge in [-0.25, -0.2) is 4.79 Å². The van der Waals surface area contributed by atoms with Crippen molar-refractivity contribution in [2.45, 2.75) is 32.2 Å². The Morgan fingerprint density at radius 2 is 1.96 bits per heavy atom. The highest BCUT2D eigenvalue weighted by Crippen LogP contribution is 2.30. The Kier molecular flexibility index (Phi) is 5.03. The minimum atomic E-state index is -0.287. The zero-order valence-corrected chi connectivity index (χ0v) is 14.3. The number of benzene rings is 1. The molecule has 0 radical (unpaired) electrons. The van der Waals surface area contributed by atoms with Gasteiger partial charge in [0.2, 0.25) is 0 Å². The van der Waals surface area contributed by atoms with Crippen LogP contribution in [-0.4, -0.2) is 41.3 Å². The average molecular weight is 331 g/mol. The van der Waals surface area contributed by atoms with Crippen LogP contribution in [0.5, 0.6) is 0 Å². The van der Waals surface area contributed by atoms with Gasteiger partial charge in [-0.05, 0) is 50.6 Å². The quantitative estimate of drug-likeness (QED) is 0.806. The normalized spacial score (nSPS) is 16.4. The number of ether oxygens (including phenoxy) is 1. The van der Waals surface area contributed by atoms with Crippen LogP contribution in [0, 0.1) is 6.92 Å². The van der Waals surface area contributed by atoms with Crippen molar-refractivity contribution in [1.82, 2.24) is 15.1 Å². The van der Waals surface area contributed by atoms with E-state index in [1.54, 1.807) is 11.3 Å². The van der Waals surface area contributed by atoms with E-state index in [1.807, 2.05) is 31.2 Å². The minimum Gasteiger partial charge on any atom is -0.465 e. The Bertz CT molecular complexity index is 661. The van der Waals surface area contributed by atoms with Gasteiger partial charge >= 0.3 is 5.97 Å². The zero-order chi connectivity index (χ0) is 16.2. The predicted molar refractivity (Wildman–Crippen MR) is 89.7 cm³/mol. The number of piperidine rings is 1. The number of esters is 1. The van der Waals surface area contributed by atoms with Gasteiger partial charge < -0.3 is 4.74 Å². The molecule has 2 aromatic rings. The van der Waals surface area contributed by atoms with Crippen LogP contribution in [0.15, 0.2) is 24.3 Å².